The third kappa shape index (κ3) is 20.4. The fourth-order valence-corrected chi connectivity index (χ4v) is 6.61. The van der Waals surface area contributed by atoms with Crippen LogP contribution < -0.4 is 0 Å². The van der Waals surface area contributed by atoms with Crippen LogP contribution in [0, 0.1) is 0 Å². The van der Waals surface area contributed by atoms with E-state index in [4.69, 9.17) is 28.4 Å². The van der Waals surface area contributed by atoms with Gasteiger partial charge in [-0.25, -0.2) is 0 Å². The molecule has 328 valence electrons. The van der Waals surface area contributed by atoms with Gasteiger partial charge in [-0.1, -0.05) is 109 Å². The molecule has 0 bridgehead atoms. The van der Waals surface area contributed by atoms with Crippen molar-refractivity contribution in [2.75, 3.05) is 33.0 Å². The molecule has 0 aromatic rings. The first-order valence-electron chi connectivity index (χ1n) is 21.4. The highest BCUT2D eigenvalue weighted by atomic mass is 16.7. The Balaban J connectivity index is 1.79. The summed E-state index contributed by atoms with van der Waals surface area (Å²) in [6.07, 6.45) is 12.9. The van der Waals surface area contributed by atoms with Crippen molar-refractivity contribution >= 4 is 5.97 Å². The maximum absolute atomic E-state index is 12.8. The molecule has 11 atom stereocenters. The molecule has 0 amide bonds. The fraction of sp³-hybridized carbons (Fsp3) is 0.881. The summed E-state index contributed by atoms with van der Waals surface area (Å²) in [5, 5.41) is 71.6. The van der Waals surface area contributed by atoms with Gasteiger partial charge in [0.2, 0.25) is 0 Å². The molecule has 2 aliphatic heterocycles. The molecule has 56 heavy (non-hydrogen) atoms. The van der Waals surface area contributed by atoms with Gasteiger partial charge in [0.1, 0.15) is 54.9 Å². The second-order valence-corrected chi connectivity index (χ2v) is 15.2. The molecule has 14 nitrogen and oxygen atoms in total. The van der Waals surface area contributed by atoms with E-state index < -0.39 is 86.7 Å². The summed E-state index contributed by atoms with van der Waals surface area (Å²) in [5.74, 6) is -0.391. The zero-order valence-corrected chi connectivity index (χ0v) is 34.1. The predicted octanol–water partition coefficient (Wildman–Crippen LogP) is 4.12. The zero-order chi connectivity index (χ0) is 41.0. The van der Waals surface area contributed by atoms with Crippen LogP contribution in [0.15, 0.2) is 24.3 Å². The van der Waals surface area contributed by atoms with E-state index in [0.717, 1.165) is 70.6 Å². The average Bonchev–Trinajstić information content (AvgIpc) is 3.19. The smallest absolute Gasteiger partial charge is 0.306 e. The minimum absolute atomic E-state index is 0.0557. The van der Waals surface area contributed by atoms with E-state index in [9.17, 15) is 40.5 Å². The van der Waals surface area contributed by atoms with Gasteiger partial charge in [-0.05, 0) is 44.9 Å². The summed E-state index contributed by atoms with van der Waals surface area (Å²) in [5.41, 5.74) is 0. The minimum Gasteiger partial charge on any atom is -0.457 e. The SMILES string of the molecule is CCCCC/C=C\C/C=C\CCCCCCCCOCC(COC1OC(COC2OC(CO)C(O)C(O)C2O)C(O)C(O)C1O)OC(=O)CCCCCCCC. The van der Waals surface area contributed by atoms with E-state index in [2.05, 4.69) is 38.2 Å². The van der Waals surface area contributed by atoms with Crippen molar-refractivity contribution in [3.8, 4) is 0 Å². The first kappa shape index (κ1) is 50.6. The minimum atomic E-state index is -1.70. The third-order valence-electron chi connectivity index (χ3n) is 10.2. The highest BCUT2D eigenvalue weighted by Crippen LogP contribution is 2.26. The maximum atomic E-state index is 12.8. The Morgan fingerprint density at radius 2 is 1.11 bits per heavy atom. The topological polar surface area (TPSA) is 214 Å². The van der Waals surface area contributed by atoms with Crippen LogP contribution >= 0.6 is 0 Å². The van der Waals surface area contributed by atoms with Crippen LogP contribution in [0.1, 0.15) is 136 Å². The lowest BCUT2D eigenvalue weighted by Gasteiger charge is -2.42. The average molecular weight is 805 g/mol. The molecule has 2 fully saturated rings. The van der Waals surface area contributed by atoms with Gasteiger partial charge in [0.05, 0.1) is 26.4 Å². The number of esters is 1. The maximum Gasteiger partial charge on any atom is 0.306 e. The highest BCUT2D eigenvalue weighted by Gasteiger charge is 2.47. The summed E-state index contributed by atoms with van der Waals surface area (Å²) in [7, 11) is 0. The van der Waals surface area contributed by atoms with Gasteiger partial charge in [-0.2, -0.15) is 0 Å². The van der Waals surface area contributed by atoms with Crippen molar-refractivity contribution in [3.05, 3.63) is 24.3 Å². The van der Waals surface area contributed by atoms with E-state index in [-0.39, 0.29) is 19.6 Å². The van der Waals surface area contributed by atoms with Crippen molar-refractivity contribution in [1.29, 1.82) is 0 Å². The van der Waals surface area contributed by atoms with E-state index in [1.807, 2.05) is 0 Å². The summed E-state index contributed by atoms with van der Waals surface area (Å²) < 4.78 is 33.9. The molecule has 7 N–H and O–H groups in total. The predicted molar refractivity (Wildman–Crippen MR) is 210 cm³/mol. The molecule has 2 saturated heterocycles. The zero-order valence-electron chi connectivity index (χ0n) is 34.1. The van der Waals surface area contributed by atoms with E-state index in [1.165, 1.54) is 38.5 Å². The first-order chi connectivity index (χ1) is 27.1. The van der Waals surface area contributed by atoms with Gasteiger partial charge < -0.3 is 64.2 Å². The number of carbonyl (C=O) groups is 1. The number of unbranched alkanes of at least 4 members (excludes halogenated alkanes) is 14. The monoisotopic (exact) mass is 805 g/mol. The Labute approximate surface area is 335 Å². The Morgan fingerprint density at radius 3 is 1.75 bits per heavy atom. The number of aliphatic hydroxyl groups is 7. The molecule has 0 aromatic heterocycles. The standard InChI is InChI=1S/C42H76O14/c1-3-5-7-9-11-12-13-14-15-16-17-18-19-20-22-24-26-51-28-31(54-34(44)25-23-21-10-8-6-4-2)29-52-41-40(50)38(48)36(46)33(56-41)30-53-42-39(49)37(47)35(45)32(27-43)55-42/h11-12,14-15,31-33,35-43,45-50H,3-10,13,16-30H2,1-2H3/b12-11-,15-14-. The molecule has 0 aromatic carbocycles. The third-order valence-corrected chi connectivity index (χ3v) is 10.2. The van der Waals surface area contributed by atoms with Crippen LogP contribution in [-0.4, -0.2) is 142 Å². The highest BCUT2D eigenvalue weighted by molar-refractivity contribution is 5.69. The quantitative estimate of drug-likeness (QED) is 0.0290. The Bertz CT molecular complexity index is 1030. The van der Waals surface area contributed by atoms with Gasteiger partial charge >= 0.3 is 5.97 Å². The number of allylic oxidation sites excluding steroid dienone is 4. The van der Waals surface area contributed by atoms with Crippen LogP contribution in [0.3, 0.4) is 0 Å². The fourth-order valence-electron chi connectivity index (χ4n) is 6.61. The Kier molecular flexibility index (Phi) is 28.4. The molecule has 11 unspecified atom stereocenters. The molecular weight excluding hydrogens is 728 g/mol. The van der Waals surface area contributed by atoms with Crippen molar-refractivity contribution in [3.63, 3.8) is 0 Å². The van der Waals surface area contributed by atoms with Gasteiger partial charge in [-0.3, -0.25) is 4.79 Å². The summed E-state index contributed by atoms with van der Waals surface area (Å²) >= 11 is 0. The molecule has 2 heterocycles. The van der Waals surface area contributed by atoms with Crippen molar-refractivity contribution in [2.45, 2.75) is 203 Å². The first-order valence-corrected chi connectivity index (χ1v) is 21.4. The second kappa shape index (κ2) is 31.4. The van der Waals surface area contributed by atoms with Crippen molar-refractivity contribution < 1.29 is 69.0 Å². The van der Waals surface area contributed by atoms with Gasteiger partial charge in [0.25, 0.3) is 0 Å². The number of rotatable bonds is 32. The normalized spacial score (nSPS) is 29.0. The molecular formula is C42H76O14. The van der Waals surface area contributed by atoms with E-state index in [1.54, 1.807) is 0 Å². The summed E-state index contributed by atoms with van der Waals surface area (Å²) in [6.45, 7) is 3.54. The van der Waals surface area contributed by atoms with E-state index in [0.29, 0.717) is 13.0 Å². The molecule has 2 aliphatic rings. The lowest BCUT2D eigenvalue weighted by Crippen LogP contribution is -2.61. The molecule has 0 radical (unpaired) electrons. The molecule has 14 heteroatoms. The number of hydrogen-bond acceptors (Lipinski definition) is 14. The summed E-state index contributed by atoms with van der Waals surface area (Å²) in [4.78, 5) is 12.8. The van der Waals surface area contributed by atoms with Crippen molar-refractivity contribution in [2.24, 2.45) is 0 Å². The second-order valence-electron chi connectivity index (χ2n) is 15.2. The largest absolute Gasteiger partial charge is 0.457 e. The Hall–Kier alpha value is -1.53. The van der Waals surface area contributed by atoms with Crippen LogP contribution in [0.2, 0.25) is 0 Å². The lowest BCUT2D eigenvalue weighted by atomic mass is 9.98. The molecule has 0 spiro atoms. The lowest BCUT2D eigenvalue weighted by molar-refractivity contribution is -0.332. The van der Waals surface area contributed by atoms with Gasteiger partial charge in [0.15, 0.2) is 12.6 Å². The molecule has 0 saturated carbocycles. The van der Waals surface area contributed by atoms with Crippen LogP contribution in [0.25, 0.3) is 0 Å². The molecule has 2 rings (SSSR count). The van der Waals surface area contributed by atoms with E-state index >= 15 is 0 Å². The number of aliphatic hydroxyl groups excluding tert-OH is 7. The van der Waals surface area contributed by atoms with Gasteiger partial charge in [0, 0.05) is 13.0 Å². The van der Waals surface area contributed by atoms with Gasteiger partial charge in [-0.15, -0.1) is 0 Å². The Morgan fingerprint density at radius 1 is 0.589 bits per heavy atom. The summed E-state index contributed by atoms with van der Waals surface area (Å²) in [6, 6.07) is 0. The van der Waals surface area contributed by atoms with Crippen LogP contribution in [-0.2, 0) is 33.2 Å². The van der Waals surface area contributed by atoms with Crippen LogP contribution in [0.5, 0.6) is 0 Å². The number of ether oxygens (including phenoxy) is 6. The molecule has 0 aliphatic carbocycles. The van der Waals surface area contributed by atoms with Crippen LogP contribution in [0.4, 0.5) is 0 Å². The number of hydrogen-bond donors (Lipinski definition) is 7. The van der Waals surface area contributed by atoms with Crippen molar-refractivity contribution in [1.82, 2.24) is 0 Å². The number of carbonyl (C=O) groups excluding carboxylic acids is 1.